The van der Waals surface area contributed by atoms with Crippen molar-refractivity contribution in [3.63, 3.8) is 0 Å². The molecule has 0 radical (unpaired) electrons. The molecular formula is C15H26O2. The first-order valence-electron chi connectivity index (χ1n) is 7.36. The van der Waals surface area contributed by atoms with E-state index in [1.807, 2.05) is 13.8 Å². The van der Waals surface area contributed by atoms with E-state index in [4.69, 9.17) is 4.74 Å². The Hall–Kier alpha value is -0.530. The van der Waals surface area contributed by atoms with Gasteiger partial charge in [0.25, 0.3) is 6.47 Å². The molecule has 3 rings (SSSR count). The summed E-state index contributed by atoms with van der Waals surface area (Å²) in [6.45, 7) is 6.81. The van der Waals surface area contributed by atoms with Crippen molar-refractivity contribution in [3.05, 3.63) is 0 Å². The van der Waals surface area contributed by atoms with E-state index < -0.39 is 0 Å². The maximum atomic E-state index is 10.6. The molecule has 0 aromatic rings. The Morgan fingerprint density at radius 2 is 1.82 bits per heavy atom. The van der Waals surface area contributed by atoms with Crippen LogP contribution in [0, 0.1) is 23.7 Å². The second kappa shape index (κ2) is 4.99. The summed E-state index contributed by atoms with van der Waals surface area (Å²) in [4.78, 5) is 10.6. The van der Waals surface area contributed by atoms with E-state index in [1.54, 1.807) is 0 Å². The van der Waals surface area contributed by atoms with Gasteiger partial charge in [0.2, 0.25) is 0 Å². The van der Waals surface area contributed by atoms with Crippen molar-refractivity contribution < 1.29 is 9.53 Å². The Morgan fingerprint density at radius 3 is 2.47 bits per heavy atom. The molecule has 0 aromatic heterocycles. The standard InChI is InChI=1S/C13H20O2.C2H6/c1-13(15-8-14)7-9-6-12(13)11-5-3-2-4-10(9)11;1-2/h8-12H,2-7H2,1H3;1-2H3. The lowest BCUT2D eigenvalue weighted by molar-refractivity contribution is -0.152. The summed E-state index contributed by atoms with van der Waals surface area (Å²) in [5, 5.41) is 0. The topological polar surface area (TPSA) is 26.3 Å². The fraction of sp³-hybridized carbons (Fsp3) is 0.933. The Bertz CT molecular complexity index is 276. The molecule has 3 aliphatic carbocycles. The van der Waals surface area contributed by atoms with Gasteiger partial charge in [0.05, 0.1) is 0 Å². The summed E-state index contributed by atoms with van der Waals surface area (Å²) in [6.07, 6.45) is 8.07. The van der Waals surface area contributed by atoms with E-state index >= 15 is 0 Å². The molecule has 3 aliphatic rings. The molecule has 2 nitrogen and oxygen atoms in total. The fourth-order valence-electron chi connectivity index (χ4n) is 4.80. The molecule has 98 valence electrons. The second-order valence-electron chi connectivity index (χ2n) is 5.95. The Balaban J connectivity index is 0.000000514. The van der Waals surface area contributed by atoms with Crippen LogP contribution in [-0.2, 0) is 9.53 Å². The van der Waals surface area contributed by atoms with Gasteiger partial charge in [-0.25, -0.2) is 0 Å². The highest BCUT2D eigenvalue weighted by molar-refractivity contribution is 5.39. The number of carbonyl (C=O) groups excluding carboxylic acids is 1. The van der Waals surface area contributed by atoms with Gasteiger partial charge in [0.15, 0.2) is 0 Å². The van der Waals surface area contributed by atoms with Crippen LogP contribution < -0.4 is 0 Å². The highest BCUT2D eigenvalue weighted by Gasteiger charge is 2.59. The fourth-order valence-corrected chi connectivity index (χ4v) is 4.80. The molecule has 2 heteroatoms. The van der Waals surface area contributed by atoms with Crippen molar-refractivity contribution in [1.29, 1.82) is 0 Å². The molecule has 0 aliphatic heterocycles. The Morgan fingerprint density at radius 1 is 1.18 bits per heavy atom. The van der Waals surface area contributed by atoms with Crippen molar-refractivity contribution in [1.82, 2.24) is 0 Å². The molecular weight excluding hydrogens is 212 g/mol. The average molecular weight is 238 g/mol. The zero-order valence-corrected chi connectivity index (χ0v) is 11.4. The van der Waals surface area contributed by atoms with Gasteiger partial charge < -0.3 is 4.74 Å². The molecule has 0 heterocycles. The SMILES string of the molecule is CC.CC1(OC=O)CC2CC1C1CCCCC21. The van der Waals surface area contributed by atoms with Gasteiger partial charge in [-0.3, -0.25) is 4.79 Å². The van der Waals surface area contributed by atoms with Gasteiger partial charge in [0.1, 0.15) is 5.60 Å². The lowest BCUT2D eigenvalue weighted by Crippen LogP contribution is -2.43. The average Bonchev–Trinajstić information content (AvgIpc) is 2.88. The molecule has 17 heavy (non-hydrogen) atoms. The highest BCUT2D eigenvalue weighted by atomic mass is 16.5. The maximum absolute atomic E-state index is 10.6. The lowest BCUT2D eigenvalue weighted by Gasteiger charge is -2.43. The minimum Gasteiger partial charge on any atom is -0.461 e. The molecule has 0 saturated heterocycles. The number of hydrogen-bond donors (Lipinski definition) is 0. The van der Waals surface area contributed by atoms with E-state index in [2.05, 4.69) is 6.92 Å². The number of fused-ring (bicyclic) bond motifs is 5. The van der Waals surface area contributed by atoms with Crippen molar-refractivity contribution in [2.45, 2.75) is 64.9 Å². The normalized spacial score (nSPS) is 46.8. The zero-order valence-electron chi connectivity index (χ0n) is 11.4. The molecule has 5 atom stereocenters. The predicted octanol–water partition coefficient (Wildman–Crippen LogP) is 3.79. The monoisotopic (exact) mass is 238 g/mol. The number of rotatable bonds is 2. The third-order valence-electron chi connectivity index (χ3n) is 5.32. The van der Waals surface area contributed by atoms with Crippen LogP contribution in [0.3, 0.4) is 0 Å². The minimum absolute atomic E-state index is 0.120. The molecule has 0 spiro atoms. The smallest absolute Gasteiger partial charge is 0.293 e. The largest absolute Gasteiger partial charge is 0.461 e. The van der Waals surface area contributed by atoms with E-state index in [-0.39, 0.29) is 5.60 Å². The summed E-state index contributed by atoms with van der Waals surface area (Å²) in [7, 11) is 0. The summed E-state index contributed by atoms with van der Waals surface area (Å²) in [5.41, 5.74) is -0.120. The first-order chi connectivity index (χ1) is 8.24. The van der Waals surface area contributed by atoms with Gasteiger partial charge >= 0.3 is 0 Å². The quantitative estimate of drug-likeness (QED) is 0.684. The van der Waals surface area contributed by atoms with E-state index in [0.717, 1.165) is 24.2 Å². The molecule has 0 amide bonds. The summed E-state index contributed by atoms with van der Waals surface area (Å²) in [5.74, 6) is 3.35. The van der Waals surface area contributed by atoms with E-state index in [1.165, 1.54) is 32.1 Å². The Labute approximate surface area is 105 Å². The van der Waals surface area contributed by atoms with Gasteiger partial charge in [-0.1, -0.05) is 26.7 Å². The molecule has 0 aromatic carbocycles. The number of carbonyl (C=O) groups is 1. The lowest BCUT2D eigenvalue weighted by atomic mass is 9.66. The summed E-state index contributed by atoms with van der Waals surface area (Å²) >= 11 is 0. The van der Waals surface area contributed by atoms with Crippen LogP contribution in [-0.4, -0.2) is 12.1 Å². The van der Waals surface area contributed by atoms with Crippen molar-refractivity contribution in [2.75, 3.05) is 0 Å². The van der Waals surface area contributed by atoms with Crippen LogP contribution in [0.4, 0.5) is 0 Å². The van der Waals surface area contributed by atoms with Gasteiger partial charge in [-0.05, 0) is 50.4 Å². The van der Waals surface area contributed by atoms with Gasteiger partial charge in [-0.15, -0.1) is 0 Å². The van der Waals surface area contributed by atoms with Crippen LogP contribution in [0.15, 0.2) is 0 Å². The first kappa shape index (κ1) is 12.9. The third kappa shape index (κ3) is 2.00. The van der Waals surface area contributed by atoms with Crippen molar-refractivity contribution in [3.8, 4) is 0 Å². The van der Waals surface area contributed by atoms with Crippen LogP contribution in [0.25, 0.3) is 0 Å². The number of hydrogen-bond acceptors (Lipinski definition) is 2. The zero-order chi connectivity index (χ0) is 12.5. The van der Waals surface area contributed by atoms with Crippen molar-refractivity contribution >= 4 is 6.47 Å². The third-order valence-corrected chi connectivity index (χ3v) is 5.32. The van der Waals surface area contributed by atoms with Crippen molar-refractivity contribution in [2.24, 2.45) is 23.7 Å². The Kier molecular flexibility index (Phi) is 3.79. The van der Waals surface area contributed by atoms with Crippen LogP contribution in [0.5, 0.6) is 0 Å². The van der Waals surface area contributed by atoms with Crippen LogP contribution in [0.1, 0.15) is 59.3 Å². The van der Waals surface area contributed by atoms with E-state index in [0.29, 0.717) is 12.4 Å². The molecule has 3 saturated carbocycles. The number of ether oxygens (including phenoxy) is 1. The maximum Gasteiger partial charge on any atom is 0.293 e. The molecule has 3 fully saturated rings. The predicted molar refractivity (Wildman–Crippen MR) is 68.6 cm³/mol. The van der Waals surface area contributed by atoms with Gasteiger partial charge in [-0.2, -0.15) is 0 Å². The second-order valence-corrected chi connectivity index (χ2v) is 5.95. The highest BCUT2D eigenvalue weighted by Crippen LogP contribution is 2.61. The minimum atomic E-state index is -0.120. The summed E-state index contributed by atoms with van der Waals surface area (Å²) in [6, 6.07) is 0. The van der Waals surface area contributed by atoms with Gasteiger partial charge in [0, 0.05) is 5.92 Å². The van der Waals surface area contributed by atoms with E-state index in [9.17, 15) is 4.79 Å². The molecule has 5 unspecified atom stereocenters. The first-order valence-corrected chi connectivity index (χ1v) is 7.36. The molecule has 2 bridgehead atoms. The van der Waals surface area contributed by atoms with Crippen LogP contribution >= 0.6 is 0 Å². The molecule has 0 N–H and O–H groups in total. The van der Waals surface area contributed by atoms with Crippen LogP contribution in [0.2, 0.25) is 0 Å². The summed E-state index contributed by atoms with van der Waals surface area (Å²) < 4.78 is 5.39.